The monoisotopic (exact) mass is 252 g/mol. The molecule has 0 radical (unpaired) electrons. The third-order valence-corrected chi connectivity index (χ3v) is 2.59. The van der Waals surface area contributed by atoms with Crippen LogP contribution in [0.1, 0.15) is 18.9 Å². The molecule has 0 saturated carbocycles. The maximum absolute atomic E-state index is 5.96. The summed E-state index contributed by atoms with van der Waals surface area (Å²) in [7, 11) is 0. The van der Waals surface area contributed by atoms with Crippen molar-refractivity contribution in [3.05, 3.63) is 32.8 Å². The van der Waals surface area contributed by atoms with Crippen LogP contribution in [0.5, 0.6) is 0 Å². The predicted molar refractivity (Wildman–Crippen MR) is 61.4 cm³/mol. The largest absolute Gasteiger partial charge is 0.377 e. The number of rotatable bonds is 4. The van der Waals surface area contributed by atoms with Gasteiger partial charge in [-0.2, -0.15) is 0 Å². The molecule has 0 unspecified atom stereocenters. The SMILES string of the molecule is CCCOCc1c(Cl)cc(Cl)cc1Cl. The van der Waals surface area contributed by atoms with Crippen molar-refractivity contribution in [2.24, 2.45) is 0 Å². The standard InChI is InChI=1S/C10H11Cl3O/c1-2-3-14-6-8-9(12)4-7(11)5-10(8)13/h4-5H,2-3,6H2,1H3. The zero-order valence-corrected chi connectivity index (χ0v) is 10.1. The molecule has 0 spiro atoms. The van der Waals surface area contributed by atoms with E-state index >= 15 is 0 Å². The third-order valence-electron chi connectivity index (χ3n) is 1.70. The summed E-state index contributed by atoms with van der Waals surface area (Å²) in [6.45, 7) is 3.18. The Morgan fingerprint density at radius 3 is 2.21 bits per heavy atom. The number of benzene rings is 1. The van der Waals surface area contributed by atoms with Gasteiger partial charge in [0.25, 0.3) is 0 Å². The lowest BCUT2D eigenvalue weighted by Crippen LogP contribution is -1.95. The molecule has 4 heteroatoms. The van der Waals surface area contributed by atoms with E-state index in [9.17, 15) is 0 Å². The molecule has 1 rings (SSSR count). The van der Waals surface area contributed by atoms with E-state index in [0.717, 1.165) is 12.0 Å². The Morgan fingerprint density at radius 2 is 1.71 bits per heavy atom. The van der Waals surface area contributed by atoms with Crippen molar-refractivity contribution in [3.63, 3.8) is 0 Å². The highest BCUT2D eigenvalue weighted by atomic mass is 35.5. The highest BCUT2D eigenvalue weighted by Crippen LogP contribution is 2.29. The molecule has 0 amide bonds. The van der Waals surface area contributed by atoms with E-state index < -0.39 is 0 Å². The minimum Gasteiger partial charge on any atom is -0.377 e. The van der Waals surface area contributed by atoms with E-state index in [1.165, 1.54) is 0 Å². The Labute approximate surface area is 98.9 Å². The van der Waals surface area contributed by atoms with Crippen molar-refractivity contribution in [2.45, 2.75) is 20.0 Å². The summed E-state index contributed by atoms with van der Waals surface area (Å²) in [6, 6.07) is 3.33. The average Bonchev–Trinajstić information content (AvgIpc) is 2.09. The van der Waals surface area contributed by atoms with Crippen LogP contribution < -0.4 is 0 Å². The molecule has 0 fully saturated rings. The summed E-state index contributed by atoms with van der Waals surface area (Å²) in [6.07, 6.45) is 0.975. The Hall–Kier alpha value is 0.0500. The van der Waals surface area contributed by atoms with Gasteiger partial charge in [0.15, 0.2) is 0 Å². The average molecular weight is 254 g/mol. The van der Waals surface area contributed by atoms with Gasteiger partial charge >= 0.3 is 0 Å². The van der Waals surface area contributed by atoms with E-state index in [2.05, 4.69) is 0 Å². The number of halogens is 3. The van der Waals surface area contributed by atoms with Gasteiger partial charge in [0, 0.05) is 27.2 Å². The fourth-order valence-electron chi connectivity index (χ4n) is 1.03. The fraction of sp³-hybridized carbons (Fsp3) is 0.400. The van der Waals surface area contributed by atoms with Gasteiger partial charge in [-0.1, -0.05) is 41.7 Å². The van der Waals surface area contributed by atoms with Crippen molar-refractivity contribution in [2.75, 3.05) is 6.61 Å². The second-order valence-corrected chi connectivity index (χ2v) is 4.15. The van der Waals surface area contributed by atoms with Crippen LogP contribution in [0.25, 0.3) is 0 Å². The van der Waals surface area contributed by atoms with Crippen molar-refractivity contribution in [1.29, 1.82) is 0 Å². The maximum atomic E-state index is 5.96. The summed E-state index contributed by atoms with van der Waals surface area (Å²) in [4.78, 5) is 0. The van der Waals surface area contributed by atoms with E-state index in [1.807, 2.05) is 6.92 Å². The second kappa shape index (κ2) is 5.82. The topological polar surface area (TPSA) is 9.23 Å². The van der Waals surface area contributed by atoms with E-state index in [0.29, 0.717) is 28.3 Å². The van der Waals surface area contributed by atoms with Gasteiger partial charge in [0.1, 0.15) is 0 Å². The van der Waals surface area contributed by atoms with Gasteiger partial charge in [0.2, 0.25) is 0 Å². The Balaban J connectivity index is 2.75. The van der Waals surface area contributed by atoms with Crippen LogP contribution in [-0.4, -0.2) is 6.61 Å². The number of ether oxygens (including phenoxy) is 1. The number of hydrogen-bond acceptors (Lipinski definition) is 1. The molecule has 0 aromatic heterocycles. The van der Waals surface area contributed by atoms with E-state index in [-0.39, 0.29) is 0 Å². The van der Waals surface area contributed by atoms with Gasteiger partial charge in [-0.15, -0.1) is 0 Å². The maximum Gasteiger partial charge on any atom is 0.0746 e. The van der Waals surface area contributed by atoms with E-state index in [1.54, 1.807) is 12.1 Å². The molecule has 78 valence electrons. The molecule has 0 bridgehead atoms. The van der Waals surface area contributed by atoms with Crippen LogP contribution in [-0.2, 0) is 11.3 Å². The molecule has 0 aliphatic heterocycles. The van der Waals surface area contributed by atoms with Crippen LogP contribution in [0.2, 0.25) is 15.1 Å². The van der Waals surface area contributed by atoms with Gasteiger partial charge in [-0.3, -0.25) is 0 Å². The summed E-state index contributed by atoms with van der Waals surface area (Å²) in [5.41, 5.74) is 0.797. The van der Waals surface area contributed by atoms with Gasteiger partial charge in [0.05, 0.1) is 6.61 Å². The molecule has 0 N–H and O–H groups in total. The summed E-state index contributed by atoms with van der Waals surface area (Å²) in [5, 5.41) is 1.65. The quantitative estimate of drug-likeness (QED) is 0.714. The van der Waals surface area contributed by atoms with Crippen LogP contribution in [0.4, 0.5) is 0 Å². The first-order valence-electron chi connectivity index (χ1n) is 4.36. The van der Waals surface area contributed by atoms with Crippen molar-refractivity contribution < 1.29 is 4.74 Å². The van der Waals surface area contributed by atoms with Crippen molar-refractivity contribution >= 4 is 34.8 Å². The van der Waals surface area contributed by atoms with Crippen molar-refractivity contribution in [3.8, 4) is 0 Å². The molecular weight excluding hydrogens is 242 g/mol. The molecule has 0 saturated heterocycles. The highest BCUT2D eigenvalue weighted by Gasteiger charge is 2.07. The van der Waals surface area contributed by atoms with Crippen LogP contribution in [0, 0.1) is 0 Å². The summed E-state index contributed by atoms with van der Waals surface area (Å²) < 4.78 is 5.36. The Kier molecular flexibility index (Phi) is 5.04. The normalized spacial score (nSPS) is 10.6. The molecule has 1 nitrogen and oxygen atoms in total. The van der Waals surface area contributed by atoms with Gasteiger partial charge < -0.3 is 4.74 Å². The Morgan fingerprint density at radius 1 is 1.14 bits per heavy atom. The molecule has 1 aromatic rings. The minimum absolute atomic E-state index is 0.433. The molecule has 0 heterocycles. The zero-order valence-electron chi connectivity index (χ0n) is 7.82. The van der Waals surface area contributed by atoms with E-state index in [4.69, 9.17) is 39.5 Å². The van der Waals surface area contributed by atoms with Gasteiger partial charge in [-0.05, 0) is 18.6 Å². The van der Waals surface area contributed by atoms with Crippen LogP contribution >= 0.6 is 34.8 Å². The van der Waals surface area contributed by atoms with Crippen molar-refractivity contribution in [1.82, 2.24) is 0 Å². The lowest BCUT2D eigenvalue weighted by atomic mass is 10.2. The minimum atomic E-state index is 0.433. The Bertz CT molecular complexity index is 289. The first kappa shape index (κ1) is 12.1. The number of hydrogen-bond donors (Lipinski definition) is 0. The predicted octanol–water partition coefficient (Wildman–Crippen LogP) is 4.57. The summed E-state index contributed by atoms with van der Waals surface area (Å²) in [5.74, 6) is 0. The molecule has 0 aliphatic rings. The van der Waals surface area contributed by atoms with Crippen LogP contribution in [0.15, 0.2) is 12.1 Å². The molecule has 1 aromatic carbocycles. The van der Waals surface area contributed by atoms with Crippen LogP contribution in [0.3, 0.4) is 0 Å². The molecule has 14 heavy (non-hydrogen) atoms. The summed E-state index contributed by atoms with van der Waals surface area (Å²) >= 11 is 17.7. The smallest absolute Gasteiger partial charge is 0.0746 e. The van der Waals surface area contributed by atoms with Gasteiger partial charge in [-0.25, -0.2) is 0 Å². The third kappa shape index (κ3) is 3.32. The first-order chi connectivity index (χ1) is 6.65. The highest BCUT2D eigenvalue weighted by molar-refractivity contribution is 6.39. The fourth-order valence-corrected chi connectivity index (χ4v) is 1.95. The zero-order chi connectivity index (χ0) is 10.6. The molecule has 0 aliphatic carbocycles. The lowest BCUT2D eigenvalue weighted by Gasteiger charge is -2.07. The molecule has 0 atom stereocenters. The second-order valence-electron chi connectivity index (χ2n) is 2.90. The lowest BCUT2D eigenvalue weighted by molar-refractivity contribution is 0.121. The first-order valence-corrected chi connectivity index (χ1v) is 5.49. The molecular formula is C10H11Cl3O.